The molecule has 0 amide bonds. The second-order valence-corrected chi connectivity index (χ2v) is 3.21. The molecule has 70 valence electrons. The Kier molecular flexibility index (Phi) is 2.10. The third-order valence-electron chi connectivity index (χ3n) is 2.23. The minimum atomic E-state index is 0.0869. The van der Waals surface area contributed by atoms with Crippen LogP contribution in [0.1, 0.15) is 5.56 Å². The Balaban J connectivity index is 2.41. The summed E-state index contributed by atoms with van der Waals surface area (Å²) in [7, 11) is 1.66. The molecule has 1 aromatic rings. The van der Waals surface area contributed by atoms with Crippen molar-refractivity contribution in [3.63, 3.8) is 0 Å². The first-order valence-electron chi connectivity index (χ1n) is 4.35. The lowest BCUT2D eigenvalue weighted by Gasteiger charge is -2.23. The molecule has 3 nitrogen and oxygen atoms in total. The van der Waals surface area contributed by atoms with Crippen molar-refractivity contribution in [2.75, 3.05) is 13.7 Å². The fourth-order valence-corrected chi connectivity index (χ4v) is 1.59. The Morgan fingerprint density at radius 3 is 3.15 bits per heavy atom. The van der Waals surface area contributed by atoms with Crippen molar-refractivity contribution in [2.24, 2.45) is 5.73 Å². The maximum Gasteiger partial charge on any atom is 0.126 e. The lowest BCUT2D eigenvalue weighted by atomic mass is 10.0. The summed E-state index contributed by atoms with van der Waals surface area (Å²) in [6.07, 6.45) is 0.833. The fourth-order valence-electron chi connectivity index (χ4n) is 1.59. The molecule has 2 rings (SSSR count). The summed E-state index contributed by atoms with van der Waals surface area (Å²) in [4.78, 5) is 0. The zero-order chi connectivity index (χ0) is 9.26. The molecule has 0 fully saturated rings. The van der Waals surface area contributed by atoms with Crippen molar-refractivity contribution in [1.29, 1.82) is 0 Å². The molecule has 2 N–H and O–H groups in total. The molecule has 0 aromatic heterocycles. The van der Waals surface area contributed by atoms with Crippen LogP contribution in [0.2, 0.25) is 0 Å². The minimum absolute atomic E-state index is 0.0869. The summed E-state index contributed by atoms with van der Waals surface area (Å²) < 4.78 is 10.7. The maximum absolute atomic E-state index is 5.79. The Hall–Kier alpha value is -1.22. The molecule has 13 heavy (non-hydrogen) atoms. The summed E-state index contributed by atoms with van der Waals surface area (Å²) in [6.45, 7) is 0.597. The quantitative estimate of drug-likeness (QED) is 0.698. The third-order valence-corrected chi connectivity index (χ3v) is 2.23. The molecule has 1 unspecified atom stereocenters. The highest BCUT2D eigenvalue weighted by Crippen LogP contribution is 2.31. The average Bonchev–Trinajstić information content (AvgIpc) is 2.17. The number of fused-ring (bicyclic) bond motifs is 1. The highest BCUT2D eigenvalue weighted by molar-refractivity contribution is 5.46. The summed E-state index contributed by atoms with van der Waals surface area (Å²) >= 11 is 0. The van der Waals surface area contributed by atoms with E-state index in [0.29, 0.717) is 6.61 Å². The van der Waals surface area contributed by atoms with Crippen LogP contribution in [0.25, 0.3) is 0 Å². The number of nitrogens with two attached hydrogens (primary N) is 1. The van der Waals surface area contributed by atoms with Gasteiger partial charge in [-0.15, -0.1) is 0 Å². The van der Waals surface area contributed by atoms with E-state index in [1.54, 1.807) is 7.11 Å². The summed E-state index contributed by atoms with van der Waals surface area (Å²) in [5.41, 5.74) is 6.88. The molecular weight excluding hydrogens is 166 g/mol. The zero-order valence-corrected chi connectivity index (χ0v) is 7.62. The molecule has 0 radical (unpaired) electrons. The van der Waals surface area contributed by atoms with Gasteiger partial charge >= 0.3 is 0 Å². The van der Waals surface area contributed by atoms with Crippen molar-refractivity contribution >= 4 is 0 Å². The van der Waals surface area contributed by atoms with Crippen LogP contribution in [-0.2, 0) is 6.42 Å². The van der Waals surface area contributed by atoms with E-state index in [9.17, 15) is 0 Å². The van der Waals surface area contributed by atoms with Gasteiger partial charge in [-0.05, 0) is 18.6 Å². The molecule has 1 atom stereocenters. The van der Waals surface area contributed by atoms with Crippen molar-refractivity contribution in [3.8, 4) is 11.5 Å². The van der Waals surface area contributed by atoms with Crippen molar-refractivity contribution in [2.45, 2.75) is 12.5 Å². The van der Waals surface area contributed by atoms with Crippen molar-refractivity contribution in [3.05, 3.63) is 23.8 Å². The number of benzene rings is 1. The smallest absolute Gasteiger partial charge is 0.126 e. The molecule has 0 bridgehead atoms. The molecule has 1 aliphatic rings. The van der Waals surface area contributed by atoms with Crippen LogP contribution in [0.3, 0.4) is 0 Å². The highest BCUT2D eigenvalue weighted by atomic mass is 16.5. The van der Waals surface area contributed by atoms with Gasteiger partial charge in [-0.25, -0.2) is 0 Å². The zero-order valence-electron chi connectivity index (χ0n) is 7.62. The molecule has 1 aliphatic heterocycles. The van der Waals surface area contributed by atoms with Crippen LogP contribution < -0.4 is 15.2 Å². The highest BCUT2D eigenvalue weighted by Gasteiger charge is 2.19. The molecular formula is C10H13NO2. The molecule has 0 spiro atoms. The Morgan fingerprint density at radius 2 is 2.38 bits per heavy atom. The standard InChI is InChI=1S/C10H13NO2/c1-12-9-3-2-4-10-8(9)5-7(11)6-13-10/h2-4,7H,5-6,11H2,1H3. The van der Waals surface area contributed by atoms with Gasteiger partial charge in [-0.2, -0.15) is 0 Å². The summed E-state index contributed by atoms with van der Waals surface area (Å²) in [5, 5.41) is 0. The monoisotopic (exact) mass is 179 g/mol. The Morgan fingerprint density at radius 1 is 1.54 bits per heavy atom. The fraction of sp³-hybridized carbons (Fsp3) is 0.400. The lowest BCUT2D eigenvalue weighted by molar-refractivity contribution is 0.258. The molecule has 0 saturated carbocycles. The number of hydrogen-bond donors (Lipinski definition) is 1. The number of hydrogen-bond acceptors (Lipinski definition) is 3. The van der Waals surface area contributed by atoms with E-state index in [2.05, 4.69) is 0 Å². The van der Waals surface area contributed by atoms with Crippen LogP contribution in [0, 0.1) is 0 Å². The van der Waals surface area contributed by atoms with Gasteiger partial charge in [0.25, 0.3) is 0 Å². The Labute approximate surface area is 77.5 Å². The largest absolute Gasteiger partial charge is 0.496 e. The molecule has 0 aliphatic carbocycles. The molecule has 1 aromatic carbocycles. The topological polar surface area (TPSA) is 44.5 Å². The normalized spacial score (nSPS) is 20.3. The van der Waals surface area contributed by atoms with Gasteiger partial charge in [-0.3, -0.25) is 0 Å². The first kappa shape index (κ1) is 8.38. The van der Waals surface area contributed by atoms with Crippen molar-refractivity contribution < 1.29 is 9.47 Å². The maximum atomic E-state index is 5.79. The van der Waals surface area contributed by atoms with Gasteiger partial charge in [0.15, 0.2) is 0 Å². The molecule has 3 heteroatoms. The van der Waals surface area contributed by atoms with Crippen LogP contribution in [-0.4, -0.2) is 19.8 Å². The van der Waals surface area contributed by atoms with Gasteiger partial charge in [0.2, 0.25) is 0 Å². The minimum Gasteiger partial charge on any atom is -0.496 e. The van der Waals surface area contributed by atoms with E-state index in [1.807, 2.05) is 18.2 Å². The summed E-state index contributed by atoms with van der Waals surface area (Å²) in [6, 6.07) is 5.89. The van der Waals surface area contributed by atoms with Crippen LogP contribution in [0.4, 0.5) is 0 Å². The third kappa shape index (κ3) is 1.47. The van der Waals surface area contributed by atoms with Gasteiger partial charge in [-0.1, -0.05) is 6.07 Å². The van der Waals surface area contributed by atoms with Gasteiger partial charge in [0.05, 0.1) is 7.11 Å². The first-order valence-corrected chi connectivity index (χ1v) is 4.35. The SMILES string of the molecule is COc1cccc2c1CC(N)CO2. The second-order valence-electron chi connectivity index (χ2n) is 3.21. The predicted molar refractivity (Wildman–Crippen MR) is 50.2 cm³/mol. The number of methoxy groups -OCH3 is 1. The van der Waals surface area contributed by atoms with E-state index in [4.69, 9.17) is 15.2 Å². The van der Waals surface area contributed by atoms with Crippen LogP contribution in [0.15, 0.2) is 18.2 Å². The number of rotatable bonds is 1. The van der Waals surface area contributed by atoms with E-state index < -0.39 is 0 Å². The predicted octanol–water partition coefficient (Wildman–Crippen LogP) is 0.957. The van der Waals surface area contributed by atoms with Crippen LogP contribution in [0.5, 0.6) is 11.5 Å². The summed E-state index contributed by atoms with van der Waals surface area (Å²) in [5.74, 6) is 1.77. The van der Waals surface area contributed by atoms with E-state index >= 15 is 0 Å². The lowest BCUT2D eigenvalue weighted by Crippen LogP contribution is -2.33. The average molecular weight is 179 g/mol. The van der Waals surface area contributed by atoms with Gasteiger partial charge in [0, 0.05) is 11.6 Å². The molecule has 0 saturated heterocycles. The van der Waals surface area contributed by atoms with Crippen molar-refractivity contribution in [1.82, 2.24) is 0 Å². The van der Waals surface area contributed by atoms with Gasteiger partial charge < -0.3 is 15.2 Å². The Bertz CT molecular complexity index is 298. The van der Waals surface area contributed by atoms with Gasteiger partial charge in [0.1, 0.15) is 18.1 Å². The first-order chi connectivity index (χ1) is 6.31. The second kappa shape index (κ2) is 3.26. The number of ether oxygens (including phenoxy) is 2. The van der Waals surface area contributed by atoms with E-state index in [-0.39, 0.29) is 6.04 Å². The van der Waals surface area contributed by atoms with Crippen LogP contribution >= 0.6 is 0 Å². The molecule has 1 heterocycles. The van der Waals surface area contributed by atoms with E-state index in [1.165, 1.54) is 0 Å². The van der Waals surface area contributed by atoms with E-state index in [0.717, 1.165) is 23.5 Å².